The van der Waals surface area contributed by atoms with Gasteiger partial charge >= 0.3 is 11.9 Å². The summed E-state index contributed by atoms with van der Waals surface area (Å²) in [5, 5.41) is 11.5. The average Bonchev–Trinajstić information content (AvgIpc) is 3.03. The Bertz CT molecular complexity index is 932. The number of likely N-dealkylation sites (N-methyl/N-ethyl adjacent to an activating group) is 1. The van der Waals surface area contributed by atoms with Crippen LogP contribution >= 0.6 is 0 Å². The smallest absolute Gasteiger partial charge is 0.306 e. The molecule has 0 aromatic heterocycles. The quantitative estimate of drug-likeness (QED) is 0.0309. The molecule has 0 heterocycles. The first-order valence-corrected chi connectivity index (χ1v) is 18.7. The summed E-state index contributed by atoms with van der Waals surface area (Å²) in [6.45, 7) is 4.50. The molecule has 0 spiro atoms. The highest BCUT2D eigenvalue weighted by Gasteiger charge is 2.25. The van der Waals surface area contributed by atoms with Gasteiger partial charge in [0.25, 0.3) is 0 Å². The predicted octanol–water partition coefficient (Wildman–Crippen LogP) is 7.96. The number of ether oxygens (including phenoxy) is 3. The van der Waals surface area contributed by atoms with Gasteiger partial charge < -0.3 is 28.6 Å². The second-order valence-electron chi connectivity index (χ2n) is 13.5. The molecule has 0 aliphatic rings. The van der Waals surface area contributed by atoms with Crippen molar-refractivity contribution in [3.63, 3.8) is 0 Å². The van der Waals surface area contributed by atoms with E-state index in [0.29, 0.717) is 12.8 Å². The molecule has 0 aromatic carbocycles. The van der Waals surface area contributed by atoms with Crippen LogP contribution in [0.15, 0.2) is 48.6 Å². The molecule has 0 aromatic rings. The number of rotatable bonds is 32. The minimum absolute atomic E-state index is 0.0184. The van der Waals surface area contributed by atoms with E-state index < -0.39 is 18.1 Å². The molecular formula is C40H69NO7. The van der Waals surface area contributed by atoms with E-state index in [-0.39, 0.29) is 49.1 Å². The van der Waals surface area contributed by atoms with Crippen molar-refractivity contribution in [1.82, 2.24) is 0 Å². The van der Waals surface area contributed by atoms with Gasteiger partial charge in [0.2, 0.25) is 0 Å². The van der Waals surface area contributed by atoms with Crippen LogP contribution in [0.3, 0.4) is 0 Å². The summed E-state index contributed by atoms with van der Waals surface area (Å²) in [4.78, 5) is 36.5. The largest absolute Gasteiger partial charge is 0.544 e. The summed E-state index contributed by atoms with van der Waals surface area (Å²) in [6.07, 6.45) is 34.4. The van der Waals surface area contributed by atoms with Crippen LogP contribution in [-0.2, 0) is 28.6 Å². The Morgan fingerprint density at radius 1 is 0.625 bits per heavy atom. The number of esters is 2. The van der Waals surface area contributed by atoms with Crippen molar-refractivity contribution in [3.05, 3.63) is 48.6 Å². The lowest BCUT2D eigenvalue weighted by molar-refractivity contribution is -0.889. The van der Waals surface area contributed by atoms with E-state index in [0.717, 1.165) is 44.9 Å². The zero-order valence-electron chi connectivity index (χ0n) is 31.1. The fraction of sp³-hybridized carbons (Fsp3) is 0.725. The Labute approximate surface area is 293 Å². The summed E-state index contributed by atoms with van der Waals surface area (Å²) in [5.74, 6) is -1.82. The van der Waals surface area contributed by atoms with E-state index in [9.17, 15) is 19.5 Å². The highest BCUT2D eigenvalue weighted by atomic mass is 16.6. The van der Waals surface area contributed by atoms with Crippen molar-refractivity contribution in [3.8, 4) is 0 Å². The van der Waals surface area contributed by atoms with Gasteiger partial charge in [0.05, 0.1) is 40.3 Å². The molecule has 8 nitrogen and oxygen atoms in total. The lowest BCUT2D eigenvalue weighted by Gasteiger charge is -2.34. The third-order valence-corrected chi connectivity index (χ3v) is 7.97. The standard InChI is InChI=1S/C40H69NO7/c1-6-8-10-12-14-15-16-17-18-19-20-21-22-23-25-27-29-31-39(43)48-36(34-46-33-32-37(40(44)45)41(3,4)5)35-47-38(42)30-28-26-24-13-11-9-7-2/h14-15,17-18,20-21,23,25,36-37H,6-13,16,19,22,24,26-35H2,1-5H3/b15-14+,18-17+,21-20+,25-23+. The number of hydrogen-bond donors (Lipinski definition) is 0. The predicted molar refractivity (Wildman–Crippen MR) is 194 cm³/mol. The van der Waals surface area contributed by atoms with Crippen molar-refractivity contribution < 1.29 is 38.2 Å². The number of carbonyl (C=O) groups is 3. The van der Waals surface area contributed by atoms with Crippen molar-refractivity contribution in [2.75, 3.05) is 41.0 Å². The third-order valence-electron chi connectivity index (χ3n) is 7.97. The molecule has 276 valence electrons. The SMILES string of the molecule is CCCCC/C=C/C/C=C/C/C=C/C/C=C/CCCC(=O)OC(COCCC(C(=O)[O-])[N+](C)(C)C)COC(=O)CCCCCCCCC. The lowest BCUT2D eigenvalue weighted by Crippen LogP contribution is -2.55. The molecule has 0 rings (SSSR count). The Kier molecular flexibility index (Phi) is 29.8. The number of aliphatic carboxylic acids is 1. The number of carbonyl (C=O) groups excluding carboxylic acids is 3. The molecular weight excluding hydrogens is 606 g/mol. The monoisotopic (exact) mass is 676 g/mol. The van der Waals surface area contributed by atoms with Gasteiger partial charge in [-0.25, -0.2) is 0 Å². The number of unbranched alkanes of at least 4 members (excludes halogenated alkanes) is 10. The van der Waals surface area contributed by atoms with Gasteiger partial charge in [-0.05, 0) is 51.4 Å². The number of hydrogen-bond acceptors (Lipinski definition) is 7. The van der Waals surface area contributed by atoms with Gasteiger partial charge in [-0.2, -0.15) is 0 Å². The summed E-state index contributed by atoms with van der Waals surface area (Å²) in [6, 6.07) is -0.733. The van der Waals surface area contributed by atoms with Gasteiger partial charge in [-0.3, -0.25) is 9.59 Å². The Morgan fingerprint density at radius 2 is 1.12 bits per heavy atom. The molecule has 0 aliphatic carbocycles. The van der Waals surface area contributed by atoms with Crippen molar-refractivity contribution in [1.29, 1.82) is 0 Å². The summed E-state index contributed by atoms with van der Waals surface area (Å²) < 4.78 is 16.9. The Morgan fingerprint density at radius 3 is 1.69 bits per heavy atom. The van der Waals surface area contributed by atoms with Crippen LogP contribution in [-0.4, -0.2) is 75.5 Å². The van der Waals surface area contributed by atoms with E-state index >= 15 is 0 Å². The molecule has 2 atom stereocenters. The minimum atomic E-state index is -1.14. The first-order chi connectivity index (χ1) is 23.1. The minimum Gasteiger partial charge on any atom is -0.544 e. The zero-order valence-corrected chi connectivity index (χ0v) is 31.1. The number of quaternary nitrogens is 1. The van der Waals surface area contributed by atoms with Crippen LogP contribution in [0.2, 0.25) is 0 Å². The molecule has 0 amide bonds. The first-order valence-electron chi connectivity index (χ1n) is 18.7. The molecule has 0 N–H and O–H groups in total. The second kappa shape index (κ2) is 31.6. The molecule has 0 bridgehead atoms. The van der Waals surface area contributed by atoms with Crippen molar-refractivity contribution >= 4 is 17.9 Å². The Hall–Kier alpha value is -2.71. The van der Waals surface area contributed by atoms with Gasteiger partial charge in [-0.1, -0.05) is 114 Å². The number of allylic oxidation sites excluding steroid dienone is 8. The lowest BCUT2D eigenvalue weighted by atomic mass is 10.1. The van der Waals surface area contributed by atoms with Crippen molar-refractivity contribution in [2.24, 2.45) is 0 Å². The molecule has 48 heavy (non-hydrogen) atoms. The molecule has 0 saturated heterocycles. The number of carboxylic acid groups (broad SMARTS) is 1. The zero-order chi connectivity index (χ0) is 35.7. The Balaban J connectivity index is 4.50. The van der Waals surface area contributed by atoms with Gasteiger partial charge in [0.15, 0.2) is 6.10 Å². The van der Waals surface area contributed by atoms with E-state index in [4.69, 9.17) is 14.2 Å². The van der Waals surface area contributed by atoms with Gasteiger partial charge in [0, 0.05) is 19.3 Å². The number of carboxylic acids is 1. The van der Waals surface area contributed by atoms with E-state index in [1.807, 2.05) is 0 Å². The molecule has 0 aliphatic heterocycles. The molecule has 0 radical (unpaired) electrons. The van der Waals surface area contributed by atoms with E-state index in [1.165, 1.54) is 51.4 Å². The van der Waals surface area contributed by atoms with E-state index in [2.05, 4.69) is 62.5 Å². The van der Waals surface area contributed by atoms with Crippen LogP contribution in [0.25, 0.3) is 0 Å². The van der Waals surface area contributed by atoms with Crippen LogP contribution < -0.4 is 5.11 Å². The fourth-order valence-corrected chi connectivity index (χ4v) is 5.00. The highest BCUT2D eigenvalue weighted by molar-refractivity contribution is 5.70. The maximum atomic E-state index is 12.6. The topological polar surface area (TPSA) is 102 Å². The van der Waals surface area contributed by atoms with Crippen LogP contribution in [0.1, 0.15) is 136 Å². The van der Waals surface area contributed by atoms with Gasteiger partial charge in [0.1, 0.15) is 12.6 Å². The normalized spacial score (nSPS) is 13.6. The van der Waals surface area contributed by atoms with Crippen LogP contribution in [0.5, 0.6) is 0 Å². The maximum absolute atomic E-state index is 12.6. The first kappa shape index (κ1) is 45.3. The van der Waals surface area contributed by atoms with Gasteiger partial charge in [-0.15, -0.1) is 0 Å². The molecule has 8 heteroatoms. The van der Waals surface area contributed by atoms with Crippen LogP contribution in [0, 0.1) is 0 Å². The van der Waals surface area contributed by atoms with Crippen molar-refractivity contribution in [2.45, 2.75) is 148 Å². The molecule has 0 fully saturated rings. The summed E-state index contributed by atoms with van der Waals surface area (Å²) >= 11 is 0. The molecule has 0 saturated carbocycles. The molecule has 2 unspecified atom stereocenters. The van der Waals surface area contributed by atoms with E-state index in [1.54, 1.807) is 21.1 Å². The third kappa shape index (κ3) is 29.4. The number of nitrogens with zero attached hydrogens (tertiary/aromatic N) is 1. The summed E-state index contributed by atoms with van der Waals surface area (Å²) in [5.41, 5.74) is 0. The summed E-state index contributed by atoms with van der Waals surface area (Å²) in [7, 11) is 5.37. The highest BCUT2D eigenvalue weighted by Crippen LogP contribution is 2.11. The second-order valence-corrected chi connectivity index (χ2v) is 13.5. The maximum Gasteiger partial charge on any atom is 0.306 e. The average molecular weight is 676 g/mol. The van der Waals surface area contributed by atoms with Crippen LogP contribution in [0.4, 0.5) is 0 Å². The fourth-order valence-electron chi connectivity index (χ4n) is 5.00.